The van der Waals surface area contributed by atoms with E-state index in [0.29, 0.717) is 24.5 Å². The average Bonchev–Trinajstić information content (AvgIpc) is 2.82. The summed E-state index contributed by atoms with van der Waals surface area (Å²) in [6, 6.07) is 9.59. The molecule has 10 heteroatoms. The lowest BCUT2D eigenvalue weighted by Crippen LogP contribution is -2.08. The maximum atomic E-state index is 14.2. The molecule has 0 saturated heterocycles. The molecule has 0 amide bonds. The highest BCUT2D eigenvalue weighted by Gasteiger charge is 2.25. The molecule has 2 heterocycles. The van der Waals surface area contributed by atoms with Crippen LogP contribution < -0.4 is 14.8 Å². The van der Waals surface area contributed by atoms with Crippen LogP contribution in [0.3, 0.4) is 0 Å². The minimum absolute atomic E-state index is 0.0108. The molecule has 0 radical (unpaired) electrons. The molecule has 0 aliphatic rings. The molecule has 4 rings (SSSR count). The zero-order valence-electron chi connectivity index (χ0n) is 18.3. The SMILES string of the molecule is COc1cc(CCNc2ncnc3c(F)ccc(F)c23)ccc1Oc1cc(C(C)(F)F)ccn1. The van der Waals surface area contributed by atoms with Crippen LogP contribution in [0.15, 0.2) is 55.0 Å². The van der Waals surface area contributed by atoms with Crippen LogP contribution in [-0.2, 0) is 12.3 Å². The van der Waals surface area contributed by atoms with Crippen LogP contribution in [0.25, 0.3) is 10.9 Å². The van der Waals surface area contributed by atoms with Gasteiger partial charge in [-0.3, -0.25) is 0 Å². The van der Waals surface area contributed by atoms with Gasteiger partial charge in [-0.2, -0.15) is 0 Å². The smallest absolute Gasteiger partial charge is 0.270 e. The highest BCUT2D eigenvalue weighted by atomic mass is 19.3. The molecule has 0 unspecified atom stereocenters. The number of hydrogen-bond donors (Lipinski definition) is 1. The van der Waals surface area contributed by atoms with Gasteiger partial charge in [0.25, 0.3) is 5.92 Å². The highest BCUT2D eigenvalue weighted by molar-refractivity contribution is 5.89. The van der Waals surface area contributed by atoms with E-state index in [1.807, 2.05) is 0 Å². The molecule has 0 atom stereocenters. The second-order valence-corrected chi connectivity index (χ2v) is 7.51. The molecule has 2 aromatic carbocycles. The molecule has 4 aromatic rings. The summed E-state index contributed by atoms with van der Waals surface area (Å²) in [6.45, 7) is 1.16. The lowest BCUT2D eigenvalue weighted by molar-refractivity contribution is 0.0171. The van der Waals surface area contributed by atoms with Gasteiger partial charge in [-0.1, -0.05) is 6.07 Å². The van der Waals surface area contributed by atoms with Crippen LogP contribution in [0.4, 0.5) is 23.4 Å². The van der Waals surface area contributed by atoms with Crippen molar-refractivity contribution in [2.24, 2.45) is 0 Å². The van der Waals surface area contributed by atoms with Gasteiger partial charge in [0.05, 0.1) is 12.5 Å². The number of ether oxygens (including phenoxy) is 2. The fourth-order valence-electron chi connectivity index (χ4n) is 3.36. The molecule has 0 spiro atoms. The Balaban J connectivity index is 1.47. The van der Waals surface area contributed by atoms with E-state index in [-0.39, 0.29) is 28.2 Å². The van der Waals surface area contributed by atoms with Crippen molar-refractivity contribution in [3.8, 4) is 17.4 Å². The van der Waals surface area contributed by atoms with E-state index in [1.54, 1.807) is 18.2 Å². The van der Waals surface area contributed by atoms with E-state index in [0.717, 1.165) is 24.6 Å². The van der Waals surface area contributed by atoms with Crippen LogP contribution in [0, 0.1) is 11.6 Å². The van der Waals surface area contributed by atoms with Crippen molar-refractivity contribution in [3.63, 3.8) is 0 Å². The molecular formula is C24H20F4N4O2. The lowest BCUT2D eigenvalue weighted by Gasteiger charge is -2.14. The van der Waals surface area contributed by atoms with Gasteiger partial charge >= 0.3 is 0 Å². The van der Waals surface area contributed by atoms with Crippen LogP contribution in [-0.4, -0.2) is 28.6 Å². The fraction of sp³-hybridized carbons (Fsp3) is 0.208. The van der Waals surface area contributed by atoms with Crippen molar-refractivity contribution >= 4 is 16.7 Å². The second kappa shape index (κ2) is 9.50. The number of halogens is 4. The van der Waals surface area contributed by atoms with E-state index in [4.69, 9.17) is 9.47 Å². The molecule has 1 N–H and O–H groups in total. The molecular weight excluding hydrogens is 452 g/mol. The summed E-state index contributed by atoms with van der Waals surface area (Å²) < 4.78 is 66.4. The monoisotopic (exact) mass is 472 g/mol. The van der Waals surface area contributed by atoms with E-state index >= 15 is 0 Å². The van der Waals surface area contributed by atoms with E-state index < -0.39 is 17.6 Å². The normalized spacial score (nSPS) is 11.5. The Morgan fingerprint density at radius 2 is 1.74 bits per heavy atom. The van der Waals surface area contributed by atoms with Gasteiger partial charge in [0.2, 0.25) is 5.88 Å². The standard InChI is InChI=1S/C24H20F4N4O2/c1-24(27,28)15-8-10-29-20(12-15)34-18-6-3-14(11-19(18)33-2)7-9-30-23-21-16(25)4-5-17(26)22(21)31-13-32-23/h3-6,8,10-13H,7,9H2,1-2H3,(H,30,31,32). The Bertz CT molecular complexity index is 1330. The maximum Gasteiger partial charge on any atom is 0.270 e. The maximum absolute atomic E-state index is 14.2. The van der Waals surface area contributed by atoms with Gasteiger partial charge in [-0.15, -0.1) is 0 Å². The third-order valence-electron chi connectivity index (χ3n) is 5.08. The molecule has 6 nitrogen and oxygen atoms in total. The van der Waals surface area contributed by atoms with Crippen molar-refractivity contribution in [2.75, 3.05) is 19.0 Å². The van der Waals surface area contributed by atoms with E-state index in [9.17, 15) is 17.6 Å². The van der Waals surface area contributed by atoms with E-state index in [2.05, 4.69) is 20.3 Å². The summed E-state index contributed by atoms with van der Waals surface area (Å²) in [4.78, 5) is 11.8. The summed E-state index contributed by atoms with van der Waals surface area (Å²) in [5, 5.41) is 2.99. The summed E-state index contributed by atoms with van der Waals surface area (Å²) >= 11 is 0. The number of nitrogens with zero attached hydrogens (tertiary/aromatic N) is 3. The van der Waals surface area contributed by atoms with Crippen LogP contribution in [0.2, 0.25) is 0 Å². The molecule has 0 fully saturated rings. The molecule has 2 aromatic heterocycles. The minimum Gasteiger partial charge on any atom is -0.493 e. The number of alkyl halides is 2. The Hall–Kier alpha value is -3.95. The summed E-state index contributed by atoms with van der Waals surface area (Å²) in [5.41, 5.74) is 0.537. The number of fused-ring (bicyclic) bond motifs is 1. The first-order chi connectivity index (χ1) is 16.3. The van der Waals surface area contributed by atoms with Crippen molar-refractivity contribution in [1.82, 2.24) is 15.0 Å². The molecule has 0 saturated carbocycles. The molecule has 176 valence electrons. The first kappa shape index (κ1) is 23.2. The van der Waals surface area contributed by atoms with Gasteiger partial charge in [0.15, 0.2) is 11.5 Å². The topological polar surface area (TPSA) is 69.2 Å². The van der Waals surface area contributed by atoms with Gasteiger partial charge in [0, 0.05) is 31.3 Å². The zero-order chi connectivity index (χ0) is 24.3. The number of nitrogens with one attached hydrogen (secondary N) is 1. The molecule has 0 aliphatic heterocycles. The molecule has 0 aliphatic carbocycles. The average molecular weight is 472 g/mol. The fourth-order valence-corrected chi connectivity index (χ4v) is 3.36. The lowest BCUT2D eigenvalue weighted by atomic mass is 10.1. The first-order valence-electron chi connectivity index (χ1n) is 10.3. The molecule has 0 bridgehead atoms. The number of aromatic nitrogens is 3. The predicted molar refractivity (Wildman–Crippen MR) is 119 cm³/mol. The van der Waals surface area contributed by atoms with Crippen LogP contribution >= 0.6 is 0 Å². The highest BCUT2D eigenvalue weighted by Crippen LogP contribution is 2.34. The number of anilines is 1. The number of methoxy groups -OCH3 is 1. The van der Waals surface area contributed by atoms with E-state index in [1.165, 1.54) is 31.8 Å². The Morgan fingerprint density at radius 1 is 0.941 bits per heavy atom. The van der Waals surface area contributed by atoms with Crippen LogP contribution in [0.5, 0.6) is 17.4 Å². The van der Waals surface area contributed by atoms with Crippen molar-refractivity contribution < 1.29 is 27.0 Å². The number of rotatable bonds is 8. The number of benzene rings is 2. The minimum atomic E-state index is -3.02. The first-order valence-corrected chi connectivity index (χ1v) is 10.3. The summed E-state index contributed by atoms with van der Waals surface area (Å²) in [5.74, 6) is -3.39. The molecule has 34 heavy (non-hydrogen) atoms. The van der Waals surface area contributed by atoms with Gasteiger partial charge in [-0.25, -0.2) is 32.5 Å². The zero-order valence-corrected chi connectivity index (χ0v) is 18.3. The van der Waals surface area contributed by atoms with Gasteiger partial charge < -0.3 is 14.8 Å². The third-order valence-corrected chi connectivity index (χ3v) is 5.08. The van der Waals surface area contributed by atoms with Crippen molar-refractivity contribution in [2.45, 2.75) is 19.3 Å². The summed E-state index contributed by atoms with van der Waals surface area (Å²) in [7, 11) is 1.46. The van der Waals surface area contributed by atoms with Crippen molar-refractivity contribution in [1.29, 1.82) is 0 Å². The van der Waals surface area contributed by atoms with Gasteiger partial charge in [-0.05, 0) is 42.3 Å². The number of hydrogen-bond acceptors (Lipinski definition) is 6. The quantitative estimate of drug-likeness (QED) is 0.324. The van der Waals surface area contributed by atoms with Gasteiger partial charge in [0.1, 0.15) is 29.3 Å². The second-order valence-electron chi connectivity index (χ2n) is 7.51. The Labute approximate surface area is 192 Å². The third kappa shape index (κ3) is 5.00. The van der Waals surface area contributed by atoms with Crippen molar-refractivity contribution in [3.05, 3.63) is 77.8 Å². The Morgan fingerprint density at radius 3 is 2.50 bits per heavy atom. The summed E-state index contributed by atoms with van der Waals surface area (Å²) in [6.07, 6.45) is 2.91. The predicted octanol–water partition coefficient (Wildman–Crippen LogP) is 5.87. The largest absolute Gasteiger partial charge is 0.493 e. The van der Waals surface area contributed by atoms with Crippen LogP contribution in [0.1, 0.15) is 18.1 Å². The Kier molecular flexibility index (Phi) is 6.49. The number of pyridine rings is 1.